The highest BCUT2D eigenvalue weighted by molar-refractivity contribution is 6.74. The monoisotopic (exact) mass is 401 g/mol. The molecule has 0 spiro atoms. The summed E-state index contributed by atoms with van der Waals surface area (Å²) in [5.41, 5.74) is 2.14. The number of anilines is 1. The Bertz CT molecular complexity index is 778. The van der Waals surface area contributed by atoms with Crippen LogP contribution < -0.4 is 5.32 Å². The molecule has 152 valence electrons. The number of carbonyl (C=O) groups excluding carboxylic acids is 1. The van der Waals surface area contributed by atoms with E-state index in [1.165, 1.54) is 5.56 Å². The molecule has 1 aliphatic rings. The van der Waals surface area contributed by atoms with Crippen LogP contribution in [0.5, 0.6) is 0 Å². The highest BCUT2D eigenvalue weighted by Crippen LogP contribution is 2.36. The average molecular weight is 402 g/mol. The van der Waals surface area contributed by atoms with Crippen LogP contribution in [-0.2, 0) is 20.4 Å². The zero-order valence-electron chi connectivity index (χ0n) is 17.5. The Morgan fingerprint density at radius 1 is 1.18 bits per heavy atom. The Balaban J connectivity index is 1.50. The summed E-state index contributed by atoms with van der Waals surface area (Å²) in [6, 6.07) is 11.5. The predicted molar refractivity (Wildman–Crippen MR) is 113 cm³/mol. The van der Waals surface area contributed by atoms with E-state index in [9.17, 15) is 4.79 Å². The fourth-order valence-electron chi connectivity index (χ4n) is 2.96. The van der Waals surface area contributed by atoms with E-state index in [-0.39, 0.29) is 23.2 Å². The fraction of sp³-hybridized carbons (Fsp3) is 0.500. The van der Waals surface area contributed by atoms with Gasteiger partial charge in [-0.2, -0.15) is 0 Å². The number of carbonyl (C=O) groups is 1. The lowest BCUT2D eigenvalue weighted by atomic mass is 10.1. The minimum atomic E-state index is -1.70. The maximum Gasteiger partial charge on any atom is 0.329 e. The molecule has 1 aliphatic heterocycles. The van der Waals surface area contributed by atoms with Crippen molar-refractivity contribution in [3.8, 4) is 0 Å². The van der Waals surface area contributed by atoms with E-state index in [4.69, 9.17) is 13.6 Å². The molecule has 1 fully saturated rings. The van der Waals surface area contributed by atoms with Gasteiger partial charge in [-0.05, 0) is 54.4 Å². The van der Waals surface area contributed by atoms with E-state index >= 15 is 0 Å². The van der Waals surface area contributed by atoms with Crippen molar-refractivity contribution in [3.05, 3.63) is 54.0 Å². The molecule has 0 radical (unpaired) electrons. The van der Waals surface area contributed by atoms with Crippen LogP contribution in [0.15, 0.2) is 47.1 Å². The summed E-state index contributed by atoms with van der Waals surface area (Å²) in [7, 11) is -1.70. The van der Waals surface area contributed by atoms with Gasteiger partial charge in [0, 0.05) is 18.7 Å². The lowest BCUT2D eigenvalue weighted by molar-refractivity contribution is -0.142. The molecule has 28 heavy (non-hydrogen) atoms. The molecular weight excluding hydrogens is 370 g/mol. The Labute approximate surface area is 168 Å². The normalized spacial score (nSPS) is 20.2. The van der Waals surface area contributed by atoms with Crippen molar-refractivity contribution in [2.45, 2.75) is 63.9 Å². The van der Waals surface area contributed by atoms with Crippen LogP contribution in [0.1, 0.15) is 44.6 Å². The van der Waals surface area contributed by atoms with Crippen LogP contribution in [0.3, 0.4) is 0 Å². The predicted octanol–water partition coefficient (Wildman–Crippen LogP) is 5.31. The highest BCUT2D eigenvalue weighted by atomic mass is 28.4. The lowest BCUT2D eigenvalue weighted by Crippen LogP contribution is -2.41. The van der Waals surface area contributed by atoms with E-state index in [2.05, 4.69) is 51.3 Å². The number of esters is 1. The van der Waals surface area contributed by atoms with Gasteiger partial charge in [0.05, 0.1) is 6.26 Å². The minimum absolute atomic E-state index is 0.226. The van der Waals surface area contributed by atoms with Crippen LogP contribution in [-0.4, -0.2) is 26.9 Å². The van der Waals surface area contributed by atoms with E-state index in [0.29, 0.717) is 12.2 Å². The molecule has 1 aromatic heterocycles. The van der Waals surface area contributed by atoms with Crippen molar-refractivity contribution < 1.29 is 18.4 Å². The second kappa shape index (κ2) is 8.13. The number of furan rings is 1. The molecule has 2 heterocycles. The average Bonchev–Trinajstić information content (AvgIpc) is 3.26. The largest absolute Gasteiger partial charge is 0.465 e. The molecular formula is C22H31NO4Si. The molecule has 1 unspecified atom stereocenters. The SMILES string of the molecule is CC(C)(C)[Si](C)(C)OCCc1ccc(N[C@@H]2CC(c3ccco3)OC2=O)cc1. The van der Waals surface area contributed by atoms with Gasteiger partial charge in [-0.1, -0.05) is 32.9 Å². The molecule has 1 aromatic carbocycles. The topological polar surface area (TPSA) is 60.7 Å². The summed E-state index contributed by atoms with van der Waals surface area (Å²) in [5, 5.41) is 3.50. The number of benzene rings is 1. The van der Waals surface area contributed by atoms with Gasteiger partial charge < -0.3 is 18.9 Å². The third-order valence-corrected chi connectivity index (χ3v) is 10.3. The van der Waals surface area contributed by atoms with Crippen molar-refractivity contribution in [2.24, 2.45) is 0 Å². The van der Waals surface area contributed by atoms with E-state index in [0.717, 1.165) is 18.7 Å². The van der Waals surface area contributed by atoms with Gasteiger partial charge in [0.1, 0.15) is 11.8 Å². The van der Waals surface area contributed by atoms with Crippen LogP contribution in [0.2, 0.25) is 18.1 Å². The Hall–Kier alpha value is -2.05. The first-order valence-corrected chi connectivity index (χ1v) is 12.8. The molecule has 5 nitrogen and oxygen atoms in total. The van der Waals surface area contributed by atoms with E-state index in [1.807, 2.05) is 18.2 Å². The first-order valence-electron chi connectivity index (χ1n) is 9.89. The Morgan fingerprint density at radius 2 is 1.89 bits per heavy atom. The van der Waals surface area contributed by atoms with Crippen molar-refractivity contribution in [1.82, 2.24) is 0 Å². The van der Waals surface area contributed by atoms with E-state index in [1.54, 1.807) is 12.3 Å². The Morgan fingerprint density at radius 3 is 2.50 bits per heavy atom. The summed E-state index contributed by atoms with van der Waals surface area (Å²) in [5.74, 6) is 0.447. The number of nitrogens with one attached hydrogen (secondary N) is 1. The van der Waals surface area contributed by atoms with Gasteiger partial charge in [0.25, 0.3) is 0 Å². The van der Waals surface area contributed by atoms with Crippen molar-refractivity contribution in [2.75, 3.05) is 11.9 Å². The zero-order chi connectivity index (χ0) is 20.4. The molecule has 2 atom stereocenters. The van der Waals surface area contributed by atoms with Crippen LogP contribution in [0.25, 0.3) is 0 Å². The lowest BCUT2D eigenvalue weighted by Gasteiger charge is -2.36. The number of cyclic esters (lactones) is 1. The van der Waals surface area contributed by atoms with Gasteiger partial charge in [-0.3, -0.25) is 0 Å². The van der Waals surface area contributed by atoms with Crippen LogP contribution in [0, 0.1) is 0 Å². The second-order valence-electron chi connectivity index (χ2n) is 8.93. The third kappa shape index (κ3) is 4.86. The van der Waals surface area contributed by atoms with Gasteiger partial charge >= 0.3 is 5.97 Å². The maximum atomic E-state index is 12.1. The van der Waals surface area contributed by atoms with Gasteiger partial charge in [0.2, 0.25) is 0 Å². The summed E-state index contributed by atoms with van der Waals surface area (Å²) in [4.78, 5) is 12.1. The number of hydrogen-bond acceptors (Lipinski definition) is 5. The number of hydrogen-bond donors (Lipinski definition) is 1. The smallest absolute Gasteiger partial charge is 0.329 e. The Kier molecular flexibility index (Phi) is 6.00. The quantitative estimate of drug-likeness (QED) is 0.503. The highest BCUT2D eigenvalue weighted by Gasteiger charge is 2.37. The molecule has 0 bridgehead atoms. The number of rotatable bonds is 7. The van der Waals surface area contributed by atoms with Crippen molar-refractivity contribution >= 4 is 20.0 Å². The van der Waals surface area contributed by atoms with Crippen LogP contribution >= 0.6 is 0 Å². The molecule has 6 heteroatoms. The fourth-order valence-corrected chi connectivity index (χ4v) is 4.00. The molecule has 1 saturated heterocycles. The molecule has 0 saturated carbocycles. The van der Waals surface area contributed by atoms with Crippen molar-refractivity contribution in [3.63, 3.8) is 0 Å². The summed E-state index contributed by atoms with van der Waals surface area (Å²) in [6.45, 7) is 12.1. The molecule has 0 aliphatic carbocycles. The van der Waals surface area contributed by atoms with Crippen LogP contribution in [0.4, 0.5) is 5.69 Å². The molecule has 3 rings (SSSR count). The third-order valence-electron chi connectivity index (χ3n) is 5.81. The molecule has 2 aromatic rings. The standard InChI is InChI=1S/C22H31NO4Si/c1-22(2,3)28(4,5)26-14-12-16-8-10-17(11-9-16)23-18-15-20(27-21(18)24)19-7-6-13-25-19/h6-11,13,18,20,23H,12,14-15H2,1-5H3/t18-,20?/m1/s1. The zero-order valence-corrected chi connectivity index (χ0v) is 18.5. The first-order chi connectivity index (χ1) is 13.2. The van der Waals surface area contributed by atoms with Gasteiger partial charge in [-0.25, -0.2) is 4.79 Å². The minimum Gasteiger partial charge on any atom is -0.465 e. The van der Waals surface area contributed by atoms with E-state index < -0.39 is 8.32 Å². The van der Waals surface area contributed by atoms with Gasteiger partial charge in [-0.15, -0.1) is 0 Å². The van der Waals surface area contributed by atoms with Crippen molar-refractivity contribution in [1.29, 1.82) is 0 Å². The summed E-state index contributed by atoms with van der Waals surface area (Å²) in [6.07, 6.45) is 2.73. The van der Waals surface area contributed by atoms with Gasteiger partial charge in [0.15, 0.2) is 14.4 Å². The second-order valence-corrected chi connectivity index (χ2v) is 13.7. The molecule has 0 amide bonds. The molecule has 1 N–H and O–H groups in total. The maximum absolute atomic E-state index is 12.1. The summed E-state index contributed by atoms with van der Waals surface area (Å²) >= 11 is 0. The number of ether oxygens (including phenoxy) is 1. The first kappa shape index (κ1) is 20.7. The summed E-state index contributed by atoms with van der Waals surface area (Å²) < 4.78 is 17.0.